The van der Waals surface area contributed by atoms with Crippen molar-refractivity contribution in [2.75, 3.05) is 19.6 Å². The fourth-order valence-corrected chi connectivity index (χ4v) is 7.15. The molecule has 26 heavy (non-hydrogen) atoms. The zero-order chi connectivity index (χ0) is 18.3. The minimum Gasteiger partial charge on any atom is -0.455 e. The van der Waals surface area contributed by atoms with Gasteiger partial charge in [-0.2, -0.15) is 0 Å². The number of ether oxygens (including phenoxy) is 3. The first-order valence-electron chi connectivity index (χ1n) is 10.7. The van der Waals surface area contributed by atoms with E-state index < -0.39 is 0 Å². The molecule has 5 heteroatoms. The Labute approximate surface area is 156 Å². The van der Waals surface area contributed by atoms with Gasteiger partial charge < -0.3 is 19.1 Å². The number of esters is 1. The van der Waals surface area contributed by atoms with Gasteiger partial charge in [-0.15, -0.1) is 0 Å². The van der Waals surface area contributed by atoms with E-state index in [1.54, 1.807) is 0 Å². The molecule has 0 radical (unpaired) electrons. The molecule has 5 aliphatic rings. The average Bonchev–Trinajstić information content (AvgIpc) is 3.18. The highest BCUT2D eigenvalue weighted by Gasteiger charge is 2.77. The van der Waals surface area contributed by atoms with Gasteiger partial charge in [-0.1, -0.05) is 6.92 Å². The fourth-order valence-electron chi connectivity index (χ4n) is 7.15. The van der Waals surface area contributed by atoms with E-state index in [0.29, 0.717) is 17.8 Å². The molecule has 2 aliphatic carbocycles. The maximum Gasteiger partial charge on any atom is 0.315 e. The second-order valence-electron chi connectivity index (χ2n) is 10.1. The maximum atomic E-state index is 13.1. The van der Waals surface area contributed by atoms with Gasteiger partial charge in [-0.25, -0.2) is 0 Å². The molecule has 3 saturated heterocycles. The smallest absolute Gasteiger partial charge is 0.315 e. The summed E-state index contributed by atoms with van der Waals surface area (Å²) in [5, 5.41) is 0. The van der Waals surface area contributed by atoms with E-state index in [9.17, 15) is 4.79 Å². The number of epoxide rings is 1. The van der Waals surface area contributed by atoms with Crippen LogP contribution in [0.15, 0.2) is 0 Å². The Morgan fingerprint density at radius 1 is 1.08 bits per heavy atom. The van der Waals surface area contributed by atoms with Crippen LogP contribution in [0.25, 0.3) is 0 Å². The Balaban J connectivity index is 1.42. The van der Waals surface area contributed by atoms with Crippen LogP contribution in [0.5, 0.6) is 0 Å². The van der Waals surface area contributed by atoms with Crippen molar-refractivity contribution in [3.63, 3.8) is 0 Å². The molecule has 9 atom stereocenters. The van der Waals surface area contributed by atoms with Crippen LogP contribution < -0.4 is 4.90 Å². The number of fused-ring (bicyclic) bond motifs is 1. The molecule has 0 amide bonds. The summed E-state index contributed by atoms with van der Waals surface area (Å²) >= 11 is 0. The Morgan fingerprint density at radius 2 is 1.81 bits per heavy atom. The van der Waals surface area contributed by atoms with Gasteiger partial charge in [0.25, 0.3) is 0 Å². The van der Waals surface area contributed by atoms with Crippen LogP contribution in [0.4, 0.5) is 0 Å². The molecule has 1 spiro atoms. The van der Waals surface area contributed by atoms with Crippen LogP contribution in [0, 0.1) is 23.7 Å². The predicted molar refractivity (Wildman–Crippen MR) is 95.8 cm³/mol. The van der Waals surface area contributed by atoms with E-state index in [2.05, 4.69) is 27.7 Å². The van der Waals surface area contributed by atoms with Crippen LogP contribution >= 0.6 is 0 Å². The van der Waals surface area contributed by atoms with Gasteiger partial charge in [0.15, 0.2) is 0 Å². The number of nitrogens with one attached hydrogen (secondary N) is 1. The summed E-state index contributed by atoms with van der Waals surface area (Å²) in [6.07, 6.45) is 5.26. The SMILES string of the molecule is C[C@@H]1CC[C@H]2[C@H](C[NH+]3C[C@H](C)O[C@@H](C)C3)C(=O)O[C@]23[C@H]1CC[C@@]1(C)O[C@@H]31. The number of carbonyl (C=O) groups is 1. The summed E-state index contributed by atoms with van der Waals surface area (Å²) < 4.78 is 18.4. The first-order valence-corrected chi connectivity index (χ1v) is 10.7. The third kappa shape index (κ3) is 2.36. The van der Waals surface area contributed by atoms with Crippen LogP contribution in [0.2, 0.25) is 0 Å². The number of hydrogen-bond donors (Lipinski definition) is 1. The zero-order valence-electron chi connectivity index (χ0n) is 16.6. The minimum atomic E-state index is -0.338. The second-order valence-corrected chi connectivity index (χ2v) is 10.1. The fraction of sp³-hybridized carbons (Fsp3) is 0.952. The molecular weight excluding hydrogens is 330 g/mol. The van der Waals surface area contributed by atoms with Crippen molar-refractivity contribution in [3.8, 4) is 0 Å². The second kappa shape index (κ2) is 5.68. The van der Waals surface area contributed by atoms with Crippen molar-refractivity contribution in [2.45, 2.75) is 82.9 Å². The molecule has 0 aromatic rings. The van der Waals surface area contributed by atoms with E-state index in [4.69, 9.17) is 14.2 Å². The highest BCUT2D eigenvalue weighted by Crippen LogP contribution is 2.66. The molecule has 3 heterocycles. The molecule has 5 fully saturated rings. The van der Waals surface area contributed by atoms with Crippen LogP contribution in [-0.2, 0) is 19.0 Å². The quantitative estimate of drug-likeness (QED) is 0.591. The Hall–Kier alpha value is -0.650. The van der Waals surface area contributed by atoms with Crippen molar-refractivity contribution < 1.29 is 23.9 Å². The molecule has 0 aromatic heterocycles. The van der Waals surface area contributed by atoms with Gasteiger partial charge in [-0.3, -0.25) is 4.79 Å². The maximum absolute atomic E-state index is 13.1. The summed E-state index contributed by atoms with van der Waals surface area (Å²) in [4.78, 5) is 14.6. The van der Waals surface area contributed by atoms with Gasteiger partial charge in [0, 0.05) is 11.8 Å². The first-order chi connectivity index (χ1) is 12.3. The normalized spacial score (nSPS) is 58.4. The molecule has 0 bridgehead atoms. The summed E-state index contributed by atoms with van der Waals surface area (Å²) in [6.45, 7) is 11.7. The van der Waals surface area contributed by atoms with Gasteiger partial charge >= 0.3 is 5.97 Å². The monoisotopic (exact) mass is 364 g/mol. The summed E-state index contributed by atoms with van der Waals surface area (Å²) in [6, 6.07) is 0. The highest BCUT2D eigenvalue weighted by molar-refractivity contribution is 5.77. The molecule has 2 saturated carbocycles. The van der Waals surface area contributed by atoms with E-state index in [1.807, 2.05) is 0 Å². The lowest BCUT2D eigenvalue weighted by atomic mass is 9.55. The third-order valence-electron chi connectivity index (χ3n) is 8.22. The molecule has 5 rings (SSSR count). The Bertz CT molecular complexity index is 601. The van der Waals surface area contributed by atoms with Crippen LogP contribution in [0.1, 0.15) is 53.4 Å². The predicted octanol–water partition coefficient (Wildman–Crippen LogP) is 1.20. The third-order valence-corrected chi connectivity index (χ3v) is 8.22. The Kier molecular flexibility index (Phi) is 3.81. The van der Waals surface area contributed by atoms with Gasteiger partial charge in [-0.05, 0) is 52.4 Å². The number of carbonyl (C=O) groups excluding carboxylic acids is 1. The molecule has 1 N–H and O–H groups in total. The van der Waals surface area contributed by atoms with Crippen LogP contribution in [-0.4, -0.2) is 55.1 Å². The van der Waals surface area contributed by atoms with Crippen molar-refractivity contribution in [1.29, 1.82) is 0 Å². The topological polar surface area (TPSA) is 52.5 Å². The highest BCUT2D eigenvalue weighted by atomic mass is 16.7. The average molecular weight is 365 g/mol. The summed E-state index contributed by atoms with van der Waals surface area (Å²) in [5.74, 6) is 1.53. The molecule has 146 valence electrons. The summed E-state index contributed by atoms with van der Waals surface area (Å²) in [7, 11) is 0. The van der Waals surface area contributed by atoms with Gasteiger partial charge in [0.1, 0.15) is 42.9 Å². The van der Waals surface area contributed by atoms with E-state index in [0.717, 1.165) is 38.9 Å². The lowest BCUT2D eigenvalue weighted by molar-refractivity contribution is -0.917. The summed E-state index contributed by atoms with van der Waals surface area (Å²) in [5.41, 5.74) is -0.384. The first kappa shape index (κ1) is 17.4. The van der Waals surface area contributed by atoms with Gasteiger partial charge in [0.05, 0.1) is 12.1 Å². The van der Waals surface area contributed by atoms with Crippen molar-refractivity contribution in [1.82, 2.24) is 0 Å². The van der Waals surface area contributed by atoms with Crippen molar-refractivity contribution >= 4 is 5.97 Å². The van der Waals surface area contributed by atoms with Crippen molar-refractivity contribution in [3.05, 3.63) is 0 Å². The lowest BCUT2D eigenvalue weighted by Gasteiger charge is -2.50. The largest absolute Gasteiger partial charge is 0.455 e. The van der Waals surface area contributed by atoms with E-state index in [-0.39, 0.29) is 41.4 Å². The molecule has 0 aromatic carbocycles. The molecule has 3 aliphatic heterocycles. The van der Waals surface area contributed by atoms with E-state index in [1.165, 1.54) is 11.3 Å². The standard InChI is InChI=1S/C21H33NO4/c1-12-5-6-17-15(11-22-9-13(2)24-14(3)10-22)18(23)25-21(17)16(12)7-8-20(4)19(21)26-20/h12-17,19H,5-11H2,1-4H3/p+1/t12-,13+,14+,15+,16+,17+,19-,20-,21-/m1/s1. The molecular formula is C21H34NO4+. The van der Waals surface area contributed by atoms with E-state index >= 15 is 0 Å². The van der Waals surface area contributed by atoms with Crippen molar-refractivity contribution in [2.24, 2.45) is 23.7 Å². The lowest BCUT2D eigenvalue weighted by Crippen LogP contribution is -3.16. The number of hydrogen-bond acceptors (Lipinski definition) is 4. The number of morpholine rings is 1. The zero-order valence-corrected chi connectivity index (χ0v) is 16.6. The molecule has 5 nitrogen and oxygen atoms in total. The number of rotatable bonds is 2. The molecule has 0 unspecified atom stereocenters. The minimum absolute atomic E-state index is 0.0315. The van der Waals surface area contributed by atoms with Gasteiger partial charge in [0.2, 0.25) is 0 Å². The Morgan fingerprint density at radius 3 is 2.54 bits per heavy atom. The number of quaternary nitrogens is 1. The van der Waals surface area contributed by atoms with Crippen LogP contribution in [0.3, 0.4) is 0 Å².